The summed E-state index contributed by atoms with van der Waals surface area (Å²) in [4.78, 5) is 0. The fourth-order valence-corrected chi connectivity index (χ4v) is 1.99. The number of ether oxygens (including phenoxy) is 1. The molecule has 1 N–H and O–H groups in total. The molecule has 0 bridgehead atoms. The first-order valence-electron chi connectivity index (χ1n) is 7.42. The molecule has 106 valence electrons. The fourth-order valence-electron chi connectivity index (χ4n) is 1.99. The van der Waals surface area contributed by atoms with Crippen LogP contribution in [0.4, 0.5) is 0 Å². The molecule has 0 heterocycles. The lowest BCUT2D eigenvalue weighted by molar-refractivity contribution is 0.124. The van der Waals surface area contributed by atoms with Gasteiger partial charge in [0.05, 0.1) is 6.07 Å². The molecule has 0 rings (SSSR count). The average molecular weight is 254 g/mol. The second-order valence-electron chi connectivity index (χ2n) is 5.10. The van der Waals surface area contributed by atoms with Crippen molar-refractivity contribution in [1.82, 2.24) is 5.32 Å². The van der Waals surface area contributed by atoms with Crippen LogP contribution in [0.15, 0.2) is 0 Å². The molecule has 0 amide bonds. The normalized spacial score (nSPS) is 14.1. The maximum atomic E-state index is 9.10. The quantitative estimate of drug-likeness (QED) is 0.541. The van der Waals surface area contributed by atoms with Crippen molar-refractivity contribution in [3.05, 3.63) is 0 Å². The Labute approximate surface area is 113 Å². The summed E-state index contributed by atoms with van der Waals surface area (Å²) in [5.41, 5.74) is -0.365. The van der Waals surface area contributed by atoms with E-state index >= 15 is 0 Å². The highest BCUT2D eigenvalue weighted by atomic mass is 16.5. The van der Waals surface area contributed by atoms with Gasteiger partial charge in [0.2, 0.25) is 0 Å². The topological polar surface area (TPSA) is 45.0 Å². The number of rotatable bonds is 12. The molecule has 0 saturated carbocycles. The van der Waals surface area contributed by atoms with Gasteiger partial charge < -0.3 is 4.74 Å². The molecule has 3 nitrogen and oxygen atoms in total. The first-order valence-corrected chi connectivity index (χ1v) is 7.42. The molecule has 1 unspecified atom stereocenters. The molecule has 1 atom stereocenters. The van der Waals surface area contributed by atoms with Crippen LogP contribution in [0.3, 0.4) is 0 Å². The van der Waals surface area contributed by atoms with E-state index in [9.17, 15) is 0 Å². The highest BCUT2D eigenvalue weighted by molar-refractivity contribution is 5.03. The predicted molar refractivity (Wildman–Crippen MR) is 76.5 cm³/mol. The lowest BCUT2D eigenvalue weighted by Gasteiger charge is -2.22. The van der Waals surface area contributed by atoms with Gasteiger partial charge in [-0.05, 0) is 39.2 Å². The number of nitriles is 1. The number of nitrogens with one attached hydrogen (secondary N) is 1. The van der Waals surface area contributed by atoms with Gasteiger partial charge in [-0.15, -0.1) is 0 Å². The summed E-state index contributed by atoms with van der Waals surface area (Å²) in [7, 11) is 0. The summed E-state index contributed by atoms with van der Waals surface area (Å²) in [6.07, 6.45) is 8.05. The summed E-state index contributed by atoms with van der Waals surface area (Å²) in [6, 6.07) is 2.35. The molecule has 0 aliphatic rings. The fraction of sp³-hybridized carbons (Fsp3) is 0.933. The molecule has 0 aliphatic heterocycles. The summed E-state index contributed by atoms with van der Waals surface area (Å²) >= 11 is 0. The van der Waals surface area contributed by atoms with Crippen LogP contribution >= 0.6 is 0 Å². The van der Waals surface area contributed by atoms with Crippen LogP contribution < -0.4 is 5.32 Å². The highest BCUT2D eigenvalue weighted by Gasteiger charge is 2.20. The number of hydrogen-bond donors (Lipinski definition) is 1. The predicted octanol–water partition coefficient (Wildman–Crippen LogP) is 3.65. The number of hydrogen-bond acceptors (Lipinski definition) is 3. The molecule has 3 heteroatoms. The van der Waals surface area contributed by atoms with E-state index < -0.39 is 0 Å². The monoisotopic (exact) mass is 254 g/mol. The number of nitrogens with zero attached hydrogens (tertiary/aromatic N) is 1. The maximum absolute atomic E-state index is 9.10. The van der Waals surface area contributed by atoms with Crippen molar-refractivity contribution in [1.29, 1.82) is 5.26 Å². The molecule has 0 aromatic carbocycles. The van der Waals surface area contributed by atoms with E-state index in [1.165, 1.54) is 25.7 Å². The SMILES string of the molecule is CCCCCCOCCCCC(C)(C#N)NCC. The van der Waals surface area contributed by atoms with E-state index in [-0.39, 0.29) is 5.54 Å². The van der Waals surface area contributed by atoms with E-state index in [0.29, 0.717) is 0 Å². The molecule has 0 aliphatic carbocycles. The van der Waals surface area contributed by atoms with Crippen LogP contribution in [0, 0.1) is 11.3 Å². The lowest BCUT2D eigenvalue weighted by atomic mass is 9.97. The average Bonchev–Trinajstić information content (AvgIpc) is 2.37. The molecule has 0 aromatic rings. The first-order chi connectivity index (χ1) is 8.68. The Morgan fingerprint density at radius 1 is 1.06 bits per heavy atom. The van der Waals surface area contributed by atoms with Gasteiger partial charge in [0.1, 0.15) is 5.54 Å². The zero-order chi connectivity index (χ0) is 13.7. The van der Waals surface area contributed by atoms with Crippen LogP contribution in [0.25, 0.3) is 0 Å². The Bertz CT molecular complexity index is 225. The van der Waals surface area contributed by atoms with Crippen LogP contribution in [0.5, 0.6) is 0 Å². The Kier molecular flexibility index (Phi) is 11.1. The second kappa shape index (κ2) is 11.5. The first kappa shape index (κ1) is 17.4. The van der Waals surface area contributed by atoms with Crippen LogP contribution in [0.1, 0.15) is 65.7 Å². The molecular weight excluding hydrogens is 224 g/mol. The Balaban J connectivity index is 3.37. The minimum atomic E-state index is -0.365. The van der Waals surface area contributed by atoms with Gasteiger partial charge in [-0.25, -0.2) is 0 Å². The van der Waals surface area contributed by atoms with Gasteiger partial charge in [-0.3, -0.25) is 5.32 Å². The summed E-state index contributed by atoms with van der Waals surface area (Å²) < 4.78 is 5.59. The van der Waals surface area contributed by atoms with Crippen LogP contribution in [-0.2, 0) is 4.74 Å². The van der Waals surface area contributed by atoms with Crippen LogP contribution in [-0.4, -0.2) is 25.3 Å². The molecule has 0 aromatic heterocycles. The summed E-state index contributed by atoms with van der Waals surface area (Å²) in [6.45, 7) is 8.80. The third kappa shape index (κ3) is 9.44. The molecule has 18 heavy (non-hydrogen) atoms. The van der Waals surface area contributed by atoms with Gasteiger partial charge >= 0.3 is 0 Å². The number of unbranched alkanes of at least 4 members (excludes halogenated alkanes) is 4. The van der Waals surface area contributed by atoms with Crippen molar-refractivity contribution < 1.29 is 4.74 Å². The smallest absolute Gasteiger partial charge is 0.103 e. The molecule has 0 saturated heterocycles. The van der Waals surface area contributed by atoms with Gasteiger partial charge in [-0.1, -0.05) is 33.1 Å². The zero-order valence-corrected chi connectivity index (χ0v) is 12.4. The highest BCUT2D eigenvalue weighted by Crippen LogP contribution is 2.12. The molecule has 0 spiro atoms. The Hall–Kier alpha value is -0.590. The summed E-state index contributed by atoms with van der Waals surface area (Å²) in [5, 5.41) is 12.3. The summed E-state index contributed by atoms with van der Waals surface area (Å²) in [5.74, 6) is 0. The standard InChI is InChI=1S/C15H30N2O/c1-4-6-7-9-12-18-13-10-8-11-15(3,14-16)17-5-2/h17H,4-13H2,1-3H3. The van der Waals surface area contributed by atoms with Crippen molar-refractivity contribution >= 4 is 0 Å². The van der Waals surface area contributed by atoms with E-state index in [1.54, 1.807) is 0 Å². The van der Waals surface area contributed by atoms with Gasteiger partial charge in [-0.2, -0.15) is 5.26 Å². The minimum absolute atomic E-state index is 0.365. The Morgan fingerprint density at radius 3 is 2.28 bits per heavy atom. The van der Waals surface area contributed by atoms with Gasteiger partial charge in [0, 0.05) is 13.2 Å². The van der Waals surface area contributed by atoms with Crippen molar-refractivity contribution in [2.75, 3.05) is 19.8 Å². The maximum Gasteiger partial charge on any atom is 0.103 e. The lowest BCUT2D eigenvalue weighted by Crippen LogP contribution is -2.40. The second-order valence-corrected chi connectivity index (χ2v) is 5.10. The molecule has 0 fully saturated rings. The van der Waals surface area contributed by atoms with Crippen molar-refractivity contribution in [2.24, 2.45) is 0 Å². The zero-order valence-electron chi connectivity index (χ0n) is 12.4. The van der Waals surface area contributed by atoms with Gasteiger partial charge in [0.25, 0.3) is 0 Å². The third-order valence-corrected chi connectivity index (χ3v) is 3.17. The Morgan fingerprint density at radius 2 is 1.72 bits per heavy atom. The van der Waals surface area contributed by atoms with E-state index in [4.69, 9.17) is 10.00 Å². The minimum Gasteiger partial charge on any atom is -0.381 e. The molecular formula is C15H30N2O. The van der Waals surface area contributed by atoms with E-state index in [2.05, 4.69) is 18.3 Å². The molecule has 0 radical (unpaired) electrons. The van der Waals surface area contributed by atoms with E-state index in [0.717, 1.165) is 39.0 Å². The largest absolute Gasteiger partial charge is 0.381 e. The van der Waals surface area contributed by atoms with Crippen molar-refractivity contribution in [3.63, 3.8) is 0 Å². The van der Waals surface area contributed by atoms with Crippen molar-refractivity contribution in [3.8, 4) is 6.07 Å². The van der Waals surface area contributed by atoms with Crippen LogP contribution in [0.2, 0.25) is 0 Å². The van der Waals surface area contributed by atoms with Crippen molar-refractivity contribution in [2.45, 2.75) is 71.3 Å². The third-order valence-electron chi connectivity index (χ3n) is 3.17. The van der Waals surface area contributed by atoms with Gasteiger partial charge in [0.15, 0.2) is 0 Å². The van der Waals surface area contributed by atoms with E-state index in [1.807, 2.05) is 13.8 Å².